The molecule has 3 aliphatic rings. The summed E-state index contributed by atoms with van der Waals surface area (Å²) in [5.74, 6) is 5.85. The lowest BCUT2D eigenvalue weighted by Gasteiger charge is -2.34. The summed E-state index contributed by atoms with van der Waals surface area (Å²) in [6.07, 6.45) is 10.6. The van der Waals surface area contributed by atoms with Crippen LogP contribution >= 0.6 is 11.8 Å². The lowest BCUT2D eigenvalue weighted by Crippen LogP contribution is -2.32. The molecule has 0 aromatic heterocycles. The van der Waals surface area contributed by atoms with Crippen LogP contribution in [0, 0.1) is 23.7 Å². The average molecular weight is 238 g/mol. The zero-order chi connectivity index (χ0) is 11.2. The van der Waals surface area contributed by atoms with Crippen molar-refractivity contribution >= 4 is 11.8 Å². The molecule has 0 radical (unpaired) electrons. The lowest BCUT2D eigenvalue weighted by atomic mass is 9.76. The number of fused-ring (bicyclic) bond motifs is 2. The van der Waals surface area contributed by atoms with Gasteiger partial charge in [0.15, 0.2) is 0 Å². The zero-order valence-corrected chi connectivity index (χ0v) is 11.7. The van der Waals surface area contributed by atoms with Gasteiger partial charge in [0, 0.05) is 4.75 Å². The van der Waals surface area contributed by atoms with E-state index >= 15 is 0 Å². The van der Waals surface area contributed by atoms with E-state index in [9.17, 15) is 0 Å². The first-order valence-corrected chi connectivity index (χ1v) is 8.43. The summed E-state index contributed by atoms with van der Waals surface area (Å²) in [7, 11) is 0. The number of thioether (sulfide) groups is 1. The summed E-state index contributed by atoms with van der Waals surface area (Å²) in [6, 6.07) is 0. The van der Waals surface area contributed by atoms with Crippen molar-refractivity contribution in [2.45, 2.75) is 63.5 Å². The molecule has 2 saturated carbocycles. The Morgan fingerprint density at radius 2 is 1.75 bits per heavy atom. The van der Waals surface area contributed by atoms with Crippen molar-refractivity contribution in [1.82, 2.24) is 0 Å². The molecule has 0 N–H and O–H groups in total. The molecule has 0 aromatic rings. The molecular weight excluding hydrogens is 212 g/mol. The van der Waals surface area contributed by atoms with Crippen LogP contribution in [0.1, 0.15) is 58.8 Å². The van der Waals surface area contributed by atoms with Crippen molar-refractivity contribution in [1.29, 1.82) is 0 Å². The Balaban J connectivity index is 1.86. The minimum absolute atomic E-state index is 0.759. The molecular formula is C15H26S. The first-order valence-electron chi connectivity index (χ1n) is 7.44. The van der Waals surface area contributed by atoms with Gasteiger partial charge >= 0.3 is 0 Å². The molecule has 2 aliphatic carbocycles. The van der Waals surface area contributed by atoms with E-state index in [2.05, 4.69) is 25.6 Å². The first kappa shape index (κ1) is 11.4. The van der Waals surface area contributed by atoms with Gasteiger partial charge in [-0.15, -0.1) is 0 Å². The SMILES string of the molecule is CCC1CC(CC)C2C1CSC21CCCC1. The van der Waals surface area contributed by atoms with E-state index in [-0.39, 0.29) is 0 Å². The van der Waals surface area contributed by atoms with Gasteiger partial charge in [0.05, 0.1) is 0 Å². The third-order valence-electron chi connectivity index (χ3n) is 5.85. The van der Waals surface area contributed by atoms with E-state index in [4.69, 9.17) is 0 Å². The van der Waals surface area contributed by atoms with Gasteiger partial charge in [-0.3, -0.25) is 0 Å². The van der Waals surface area contributed by atoms with Gasteiger partial charge in [0.2, 0.25) is 0 Å². The Morgan fingerprint density at radius 1 is 1.06 bits per heavy atom. The van der Waals surface area contributed by atoms with Gasteiger partial charge < -0.3 is 0 Å². The van der Waals surface area contributed by atoms with Crippen LogP contribution in [0.4, 0.5) is 0 Å². The molecule has 1 heteroatoms. The van der Waals surface area contributed by atoms with E-state index in [1.165, 1.54) is 31.4 Å². The van der Waals surface area contributed by atoms with E-state index < -0.39 is 0 Å². The number of hydrogen-bond donors (Lipinski definition) is 0. The zero-order valence-electron chi connectivity index (χ0n) is 10.9. The third-order valence-corrected chi connectivity index (χ3v) is 7.66. The Labute approximate surface area is 105 Å². The van der Waals surface area contributed by atoms with Crippen LogP contribution in [-0.4, -0.2) is 10.5 Å². The molecule has 0 bridgehead atoms. The largest absolute Gasteiger partial charge is 0.155 e. The van der Waals surface area contributed by atoms with Gasteiger partial charge in [-0.2, -0.15) is 11.8 Å². The van der Waals surface area contributed by atoms with Gasteiger partial charge in [-0.1, -0.05) is 39.5 Å². The lowest BCUT2D eigenvalue weighted by molar-refractivity contribution is 0.249. The molecule has 4 unspecified atom stereocenters. The average Bonchev–Trinajstić information content (AvgIpc) is 2.99. The molecule has 92 valence electrons. The van der Waals surface area contributed by atoms with Crippen LogP contribution in [0.25, 0.3) is 0 Å². The van der Waals surface area contributed by atoms with Crippen molar-refractivity contribution in [3.8, 4) is 0 Å². The molecule has 16 heavy (non-hydrogen) atoms. The molecule has 0 amide bonds. The van der Waals surface area contributed by atoms with Crippen molar-refractivity contribution in [3.63, 3.8) is 0 Å². The second-order valence-electron chi connectivity index (χ2n) is 6.34. The van der Waals surface area contributed by atoms with E-state index in [1.54, 1.807) is 19.3 Å². The van der Waals surface area contributed by atoms with Crippen molar-refractivity contribution in [3.05, 3.63) is 0 Å². The molecule has 1 spiro atoms. The minimum Gasteiger partial charge on any atom is -0.155 e. The highest BCUT2D eigenvalue weighted by Gasteiger charge is 2.57. The maximum absolute atomic E-state index is 2.44. The molecule has 1 heterocycles. The third kappa shape index (κ3) is 1.50. The summed E-state index contributed by atoms with van der Waals surface area (Å²) >= 11 is 2.38. The van der Waals surface area contributed by atoms with Crippen LogP contribution in [-0.2, 0) is 0 Å². The van der Waals surface area contributed by atoms with E-state index in [0.717, 1.165) is 28.4 Å². The summed E-state index contributed by atoms with van der Waals surface area (Å²) < 4.78 is 0.759. The van der Waals surface area contributed by atoms with Crippen LogP contribution in [0.3, 0.4) is 0 Å². The number of hydrogen-bond acceptors (Lipinski definition) is 1. The monoisotopic (exact) mass is 238 g/mol. The molecule has 0 aromatic carbocycles. The van der Waals surface area contributed by atoms with Gasteiger partial charge in [0.1, 0.15) is 0 Å². The van der Waals surface area contributed by atoms with E-state index in [1.807, 2.05) is 0 Å². The first-order chi connectivity index (χ1) is 7.80. The Hall–Kier alpha value is 0.350. The summed E-state index contributed by atoms with van der Waals surface area (Å²) in [6.45, 7) is 4.86. The van der Waals surface area contributed by atoms with Crippen LogP contribution in [0.15, 0.2) is 0 Å². The normalized spacial score (nSPS) is 45.4. The minimum atomic E-state index is 0.759. The van der Waals surface area contributed by atoms with Gasteiger partial charge in [0.25, 0.3) is 0 Å². The Bertz CT molecular complexity index is 254. The fourth-order valence-corrected chi connectivity index (χ4v) is 7.25. The second kappa shape index (κ2) is 4.23. The highest BCUT2D eigenvalue weighted by atomic mass is 32.2. The van der Waals surface area contributed by atoms with Crippen molar-refractivity contribution < 1.29 is 0 Å². The molecule has 3 fully saturated rings. The quantitative estimate of drug-likeness (QED) is 0.670. The van der Waals surface area contributed by atoms with Crippen molar-refractivity contribution in [2.75, 3.05) is 5.75 Å². The smallest absolute Gasteiger partial charge is 0.0194 e. The maximum Gasteiger partial charge on any atom is 0.0194 e. The molecule has 1 aliphatic heterocycles. The second-order valence-corrected chi connectivity index (χ2v) is 7.78. The number of rotatable bonds is 2. The van der Waals surface area contributed by atoms with E-state index in [0.29, 0.717) is 0 Å². The molecule has 3 rings (SSSR count). The standard InChI is InChI=1S/C15H26S/c1-3-11-9-12(4-2)14-13(11)10-16-15(14)7-5-6-8-15/h11-14H,3-10H2,1-2H3. The van der Waals surface area contributed by atoms with Gasteiger partial charge in [-0.05, 0) is 48.7 Å². The van der Waals surface area contributed by atoms with Crippen LogP contribution < -0.4 is 0 Å². The fourth-order valence-electron chi connectivity index (χ4n) is 5.11. The summed E-state index contributed by atoms with van der Waals surface area (Å²) in [4.78, 5) is 0. The predicted molar refractivity (Wildman–Crippen MR) is 72.8 cm³/mol. The summed E-state index contributed by atoms with van der Waals surface area (Å²) in [5, 5.41) is 0. The van der Waals surface area contributed by atoms with Crippen LogP contribution in [0.2, 0.25) is 0 Å². The van der Waals surface area contributed by atoms with Crippen molar-refractivity contribution in [2.24, 2.45) is 23.7 Å². The Kier molecular flexibility index (Phi) is 3.02. The molecule has 4 atom stereocenters. The highest BCUT2D eigenvalue weighted by Crippen LogP contribution is 2.64. The predicted octanol–water partition coefficient (Wildman–Crippen LogP) is 4.73. The topological polar surface area (TPSA) is 0 Å². The Morgan fingerprint density at radius 3 is 2.38 bits per heavy atom. The molecule has 0 nitrogen and oxygen atoms in total. The summed E-state index contributed by atoms with van der Waals surface area (Å²) in [5.41, 5.74) is 0. The maximum atomic E-state index is 2.44. The van der Waals surface area contributed by atoms with Crippen LogP contribution in [0.5, 0.6) is 0 Å². The fraction of sp³-hybridized carbons (Fsp3) is 1.00. The highest BCUT2D eigenvalue weighted by molar-refractivity contribution is 8.01. The molecule has 1 saturated heterocycles. The van der Waals surface area contributed by atoms with Gasteiger partial charge in [-0.25, -0.2) is 0 Å².